The molecule has 1 atom stereocenters. The minimum Gasteiger partial charge on any atom is -0.331 e. The smallest absolute Gasteiger partial charge is 0.319 e. The fourth-order valence-electron chi connectivity index (χ4n) is 2.81. The summed E-state index contributed by atoms with van der Waals surface area (Å²) in [5.41, 5.74) is 3.87. The molecule has 0 saturated heterocycles. The number of benzene rings is 2. The van der Waals surface area contributed by atoms with Gasteiger partial charge in [0.15, 0.2) is 0 Å². The third-order valence-corrected chi connectivity index (χ3v) is 5.04. The van der Waals surface area contributed by atoms with Crippen molar-refractivity contribution in [3.63, 3.8) is 0 Å². The Morgan fingerprint density at radius 3 is 2.24 bits per heavy atom. The standard InChI is InChI=1S/C22H29N3O3S/c1-7-16-14-17(8-13-20(16)25-29(6,27)28)15(2)23-21(26)24-19-11-9-18(10-12-19)22(3,4)5/h7-15,25H,1H2,2-6H3,(H2,23,24,26). The third kappa shape index (κ3) is 6.64. The number of hydrogen-bond acceptors (Lipinski definition) is 3. The van der Waals surface area contributed by atoms with Gasteiger partial charge in [-0.1, -0.05) is 51.6 Å². The van der Waals surface area contributed by atoms with E-state index in [0.717, 1.165) is 11.8 Å². The second-order valence-electron chi connectivity index (χ2n) is 8.07. The van der Waals surface area contributed by atoms with Crippen LogP contribution in [0.25, 0.3) is 6.08 Å². The fourth-order valence-corrected chi connectivity index (χ4v) is 3.40. The molecule has 0 spiro atoms. The van der Waals surface area contributed by atoms with Gasteiger partial charge in [0, 0.05) is 5.69 Å². The van der Waals surface area contributed by atoms with Crippen LogP contribution in [0, 0.1) is 0 Å². The van der Waals surface area contributed by atoms with Gasteiger partial charge in [0.2, 0.25) is 10.0 Å². The maximum Gasteiger partial charge on any atom is 0.319 e. The Labute approximate surface area is 173 Å². The van der Waals surface area contributed by atoms with Gasteiger partial charge in [-0.15, -0.1) is 0 Å². The van der Waals surface area contributed by atoms with Crippen molar-refractivity contribution in [3.8, 4) is 0 Å². The number of urea groups is 1. The van der Waals surface area contributed by atoms with E-state index >= 15 is 0 Å². The number of hydrogen-bond donors (Lipinski definition) is 3. The molecule has 2 amide bonds. The summed E-state index contributed by atoms with van der Waals surface area (Å²) < 4.78 is 25.4. The molecule has 0 aliphatic carbocycles. The molecule has 0 aromatic heterocycles. The lowest BCUT2D eigenvalue weighted by atomic mass is 9.87. The molecule has 29 heavy (non-hydrogen) atoms. The van der Waals surface area contributed by atoms with Crippen LogP contribution in [-0.4, -0.2) is 20.7 Å². The molecule has 0 saturated carbocycles. The Hall–Kier alpha value is -2.80. The maximum atomic E-state index is 12.4. The van der Waals surface area contributed by atoms with E-state index in [-0.39, 0.29) is 17.5 Å². The van der Waals surface area contributed by atoms with Gasteiger partial charge >= 0.3 is 6.03 Å². The molecule has 2 aromatic rings. The highest BCUT2D eigenvalue weighted by Gasteiger charge is 2.15. The van der Waals surface area contributed by atoms with Crippen LogP contribution in [0.1, 0.15) is 50.4 Å². The van der Waals surface area contributed by atoms with E-state index in [0.29, 0.717) is 16.9 Å². The first kappa shape index (κ1) is 22.5. The SMILES string of the molecule is C=Cc1cc(C(C)NC(=O)Nc2ccc(C(C)(C)C)cc2)ccc1NS(C)(=O)=O. The largest absolute Gasteiger partial charge is 0.331 e. The number of carbonyl (C=O) groups excluding carboxylic acids is 1. The molecule has 0 aliphatic rings. The van der Waals surface area contributed by atoms with E-state index in [9.17, 15) is 13.2 Å². The summed E-state index contributed by atoms with van der Waals surface area (Å²) in [6, 6.07) is 12.4. The van der Waals surface area contributed by atoms with Crippen LogP contribution in [0.5, 0.6) is 0 Å². The minimum atomic E-state index is -3.39. The summed E-state index contributed by atoms with van der Waals surface area (Å²) in [6.07, 6.45) is 2.66. The van der Waals surface area contributed by atoms with Crippen molar-refractivity contribution in [2.24, 2.45) is 0 Å². The van der Waals surface area contributed by atoms with E-state index in [1.165, 1.54) is 5.56 Å². The summed E-state index contributed by atoms with van der Waals surface area (Å²) in [6.45, 7) is 12.0. The van der Waals surface area contributed by atoms with Crippen LogP contribution in [0.15, 0.2) is 49.0 Å². The lowest BCUT2D eigenvalue weighted by Gasteiger charge is -2.20. The van der Waals surface area contributed by atoms with Gasteiger partial charge in [-0.2, -0.15) is 0 Å². The van der Waals surface area contributed by atoms with Crippen molar-refractivity contribution in [1.29, 1.82) is 0 Å². The number of sulfonamides is 1. The second kappa shape index (κ2) is 8.69. The van der Waals surface area contributed by atoms with Crippen molar-refractivity contribution in [2.75, 3.05) is 16.3 Å². The molecule has 0 heterocycles. The summed E-state index contributed by atoms with van der Waals surface area (Å²) in [5.74, 6) is 0. The van der Waals surface area contributed by atoms with E-state index in [1.807, 2.05) is 31.2 Å². The predicted molar refractivity (Wildman–Crippen MR) is 121 cm³/mol. The number of carbonyl (C=O) groups is 1. The van der Waals surface area contributed by atoms with Gasteiger partial charge in [-0.25, -0.2) is 13.2 Å². The Morgan fingerprint density at radius 2 is 1.72 bits per heavy atom. The zero-order valence-electron chi connectivity index (χ0n) is 17.5. The van der Waals surface area contributed by atoms with Crippen LogP contribution in [0.4, 0.5) is 16.2 Å². The average molecular weight is 416 g/mol. The molecule has 0 aliphatic heterocycles. The highest BCUT2D eigenvalue weighted by molar-refractivity contribution is 7.92. The molecule has 1 unspecified atom stereocenters. The molecule has 2 aromatic carbocycles. The van der Waals surface area contributed by atoms with Crippen LogP contribution >= 0.6 is 0 Å². The quantitative estimate of drug-likeness (QED) is 0.628. The highest BCUT2D eigenvalue weighted by atomic mass is 32.2. The molecule has 156 valence electrons. The normalized spacial score (nSPS) is 12.7. The number of nitrogens with one attached hydrogen (secondary N) is 3. The van der Waals surface area contributed by atoms with Crippen molar-refractivity contribution in [3.05, 3.63) is 65.7 Å². The van der Waals surface area contributed by atoms with Gasteiger partial charge in [-0.05, 0) is 53.3 Å². The van der Waals surface area contributed by atoms with Crippen molar-refractivity contribution >= 4 is 33.5 Å². The first-order valence-electron chi connectivity index (χ1n) is 9.31. The molecule has 0 bridgehead atoms. The monoisotopic (exact) mass is 415 g/mol. The Bertz CT molecular complexity index is 991. The Balaban J connectivity index is 2.06. The lowest BCUT2D eigenvalue weighted by Crippen LogP contribution is -2.31. The van der Waals surface area contributed by atoms with Crippen LogP contribution in [0.3, 0.4) is 0 Å². The van der Waals surface area contributed by atoms with Gasteiger partial charge in [0.1, 0.15) is 0 Å². The van der Waals surface area contributed by atoms with Crippen molar-refractivity contribution in [2.45, 2.75) is 39.2 Å². The van der Waals surface area contributed by atoms with E-state index < -0.39 is 10.0 Å². The third-order valence-electron chi connectivity index (χ3n) is 4.45. The van der Waals surface area contributed by atoms with E-state index in [2.05, 4.69) is 42.7 Å². The molecule has 2 rings (SSSR count). The predicted octanol–water partition coefficient (Wildman–Crippen LogP) is 4.88. The van der Waals surface area contributed by atoms with Crippen LogP contribution < -0.4 is 15.4 Å². The second-order valence-corrected chi connectivity index (χ2v) is 9.82. The van der Waals surface area contributed by atoms with Gasteiger partial charge in [0.25, 0.3) is 0 Å². The lowest BCUT2D eigenvalue weighted by molar-refractivity contribution is 0.249. The average Bonchev–Trinajstić information content (AvgIpc) is 2.60. The fraction of sp³-hybridized carbons (Fsp3) is 0.318. The minimum absolute atomic E-state index is 0.0519. The molecule has 0 radical (unpaired) electrons. The Kier molecular flexibility index (Phi) is 6.74. The number of anilines is 2. The molecule has 7 heteroatoms. The van der Waals surface area contributed by atoms with Crippen LogP contribution in [-0.2, 0) is 15.4 Å². The molecular weight excluding hydrogens is 386 g/mol. The molecule has 0 fully saturated rings. The molecule has 6 nitrogen and oxygen atoms in total. The highest BCUT2D eigenvalue weighted by Crippen LogP contribution is 2.25. The summed E-state index contributed by atoms with van der Waals surface area (Å²) in [7, 11) is -3.39. The first-order chi connectivity index (χ1) is 13.4. The van der Waals surface area contributed by atoms with Gasteiger partial charge in [-0.3, -0.25) is 4.72 Å². The van der Waals surface area contributed by atoms with E-state index in [4.69, 9.17) is 0 Å². The summed E-state index contributed by atoms with van der Waals surface area (Å²) in [4.78, 5) is 12.4. The molecular formula is C22H29N3O3S. The van der Waals surface area contributed by atoms with Gasteiger partial charge in [0.05, 0.1) is 18.0 Å². The van der Waals surface area contributed by atoms with Crippen molar-refractivity contribution < 1.29 is 13.2 Å². The number of rotatable bonds is 6. The number of amides is 2. The van der Waals surface area contributed by atoms with E-state index in [1.54, 1.807) is 24.3 Å². The van der Waals surface area contributed by atoms with Gasteiger partial charge < -0.3 is 10.6 Å². The zero-order valence-corrected chi connectivity index (χ0v) is 18.4. The van der Waals surface area contributed by atoms with Crippen LogP contribution in [0.2, 0.25) is 0 Å². The summed E-state index contributed by atoms with van der Waals surface area (Å²) in [5, 5.41) is 5.72. The first-order valence-corrected chi connectivity index (χ1v) is 11.2. The molecule has 3 N–H and O–H groups in total. The topological polar surface area (TPSA) is 87.3 Å². The zero-order chi connectivity index (χ0) is 21.8. The van der Waals surface area contributed by atoms with Crippen molar-refractivity contribution in [1.82, 2.24) is 5.32 Å². The maximum absolute atomic E-state index is 12.4. The summed E-state index contributed by atoms with van der Waals surface area (Å²) >= 11 is 0. The Morgan fingerprint density at radius 1 is 1.10 bits per heavy atom.